The number of rotatable bonds is 5. The Bertz CT molecular complexity index is 677. The molecule has 3 N–H and O–H groups in total. The summed E-state index contributed by atoms with van der Waals surface area (Å²) in [5.74, 6) is -0.269. The summed E-state index contributed by atoms with van der Waals surface area (Å²) in [7, 11) is -3.56. The molecule has 126 valence electrons. The summed E-state index contributed by atoms with van der Waals surface area (Å²) in [4.78, 5) is 12.4. The molecule has 2 fully saturated rings. The highest BCUT2D eigenvalue weighted by molar-refractivity contribution is 7.89. The molecule has 2 aliphatic carbocycles. The SMILES string of the molecule is O=C(NC1CCC(O)CC1)c1cccc(S(=O)(=O)NC2CC2)c1. The quantitative estimate of drug-likeness (QED) is 0.751. The Morgan fingerprint density at radius 1 is 1.04 bits per heavy atom. The van der Waals surface area contributed by atoms with Crippen molar-refractivity contribution in [3.05, 3.63) is 29.8 Å². The molecule has 6 nitrogen and oxygen atoms in total. The minimum atomic E-state index is -3.56. The number of nitrogens with one attached hydrogen (secondary N) is 2. The Kier molecular flexibility index (Phi) is 4.70. The summed E-state index contributed by atoms with van der Waals surface area (Å²) in [6, 6.07) is 6.18. The molecule has 0 atom stereocenters. The molecule has 0 saturated heterocycles. The van der Waals surface area contributed by atoms with E-state index in [1.807, 2.05) is 0 Å². The van der Waals surface area contributed by atoms with Gasteiger partial charge in [0.1, 0.15) is 0 Å². The Morgan fingerprint density at radius 2 is 1.70 bits per heavy atom. The number of amides is 1. The van der Waals surface area contributed by atoms with Gasteiger partial charge < -0.3 is 10.4 Å². The Morgan fingerprint density at radius 3 is 2.35 bits per heavy atom. The van der Waals surface area contributed by atoms with Gasteiger partial charge in [0.25, 0.3) is 5.91 Å². The van der Waals surface area contributed by atoms with Crippen LogP contribution < -0.4 is 10.0 Å². The fraction of sp³-hybridized carbons (Fsp3) is 0.562. The minimum absolute atomic E-state index is 0.0335. The number of sulfonamides is 1. The fourth-order valence-corrected chi connectivity index (χ4v) is 4.13. The van der Waals surface area contributed by atoms with Crippen LogP contribution in [-0.2, 0) is 10.0 Å². The lowest BCUT2D eigenvalue weighted by Gasteiger charge is -2.26. The van der Waals surface area contributed by atoms with Crippen LogP contribution in [0.5, 0.6) is 0 Å². The average Bonchev–Trinajstić information content (AvgIpc) is 3.33. The molecule has 1 aromatic carbocycles. The smallest absolute Gasteiger partial charge is 0.251 e. The van der Waals surface area contributed by atoms with Crippen LogP contribution in [0.25, 0.3) is 0 Å². The van der Waals surface area contributed by atoms with E-state index in [4.69, 9.17) is 0 Å². The largest absolute Gasteiger partial charge is 0.393 e. The second-order valence-electron chi connectivity index (χ2n) is 6.40. The second-order valence-corrected chi connectivity index (χ2v) is 8.12. The lowest BCUT2D eigenvalue weighted by molar-refractivity contribution is 0.0867. The fourth-order valence-electron chi connectivity index (χ4n) is 2.78. The van der Waals surface area contributed by atoms with Gasteiger partial charge in [0.2, 0.25) is 10.0 Å². The highest BCUT2D eigenvalue weighted by Gasteiger charge is 2.28. The third-order valence-corrected chi connectivity index (χ3v) is 5.86. The topological polar surface area (TPSA) is 95.5 Å². The van der Waals surface area contributed by atoms with E-state index in [1.54, 1.807) is 12.1 Å². The third-order valence-electron chi connectivity index (χ3n) is 4.34. The van der Waals surface area contributed by atoms with Crippen molar-refractivity contribution in [2.45, 2.75) is 61.6 Å². The molecule has 23 heavy (non-hydrogen) atoms. The van der Waals surface area contributed by atoms with Gasteiger partial charge in [0.15, 0.2) is 0 Å². The summed E-state index contributed by atoms with van der Waals surface area (Å²) >= 11 is 0. The molecular weight excluding hydrogens is 316 g/mol. The van der Waals surface area contributed by atoms with E-state index in [9.17, 15) is 18.3 Å². The van der Waals surface area contributed by atoms with Crippen molar-refractivity contribution in [2.75, 3.05) is 0 Å². The predicted octanol–water partition coefficient (Wildman–Crippen LogP) is 1.16. The zero-order valence-electron chi connectivity index (χ0n) is 12.9. The molecule has 0 heterocycles. The molecule has 1 aromatic rings. The van der Waals surface area contributed by atoms with Gasteiger partial charge in [0.05, 0.1) is 11.0 Å². The second kappa shape index (κ2) is 6.59. The first-order chi connectivity index (χ1) is 10.9. The Hall–Kier alpha value is -1.44. The number of hydrogen-bond acceptors (Lipinski definition) is 4. The van der Waals surface area contributed by atoms with Gasteiger partial charge in [-0.25, -0.2) is 13.1 Å². The first kappa shape index (κ1) is 16.4. The molecule has 1 amide bonds. The molecule has 2 saturated carbocycles. The van der Waals surface area contributed by atoms with Crippen LogP contribution in [-0.4, -0.2) is 37.6 Å². The van der Waals surface area contributed by atoms with Crippen LogP contribution in [0.1, 0.15) is 48.9 Å². The van der Waals surface area contributed by atoms with Crippen LogP contribution in [0.2, 0.25) is 0 Å². The number of hydrogen-bond donors (Lipinski definition) is 3. The van der Waals surface area contributed by atoms with Gasteiger partial charge >= 0.3 is 0 Å². The number of carbonyl (C=O) groups excluding carboxylic acids is 1. The van der Waals surface area contributed by atoms with E-state index >= 15 is 0 Å². The normalized spacial score (nSPS) is 25.1. The van der Waals surface area contributed by atoms with E-state index in [-0.39, 0.29) is 29.0 Å². The summed E-state index contributed by atoms with van der Waals surface area (Å²) in [5, 5.41) is 12.4. The number of aliphatic hydroxyl groups is 1. The first-order valence-electron chi connectivity index (χ1n) is 8.05. The highest BCUT2D eigenvalue weighted by Crippen LogP contribution is 2.23. The highest BCUT2D eigenvalue weighted by atomic mass is 32.2. The molecule has 0 unspecified atom stereocenters. The molecule has 0 aromatic heterocycles. The minimum Gasteiger partial charge on any atom is -0.393 e. The number of aliphatic hydroxyl groups excluding tert-OH is 1. The van der Waals surface area contributed by atoms with Gasteiger partial charge in [-0.1, -0.05) is 6.07 Å². The van der Waals surface area contributed by atoms with Crippen molar-refractivity contribution in [2.24, 2.45) is 0 Å². The van der Waals surface area contributed by atoms with Crippen LogP contribution in [0.3, 0.4) is 0 Å². The standard InChI is InChI=1S/C16H22N2O4S/c19-14-8-6-12(7-9-14)17-16(20)11-2-1-3-15(10-11)23(21,22)18-13-4-5-13/h1-3,10,12-14,18-19H,4-9H2,(H,17,20). The van der Waals surface area contributed by atoms with Gasteiger partial charge in [0, 0.05) is 17.6 Å². The van der Waals surface area contributed by atoms with Crippen LogP contribution in [0.15, 0.2) is 29.2 Å². The van der Waals surface area contributed by atoms with Crippen molar-refractivity contribution >= 4 is 15.9 Å². The van der Waals surface area contributed by atoms with Gasteiger partial charge in [-0.05, 0) is 56.7 Å². The Labute approximate surface area is 136 Å². The Balaban J connectivity index is 1.67. The van der Waals surface area contributed by atoms with E-state index in [1.165, 1.54) is 12.1 Å². The molecule has 3 rings (SSSR count). The zero-order chi connectivity index (χ0) is 16.4. The molecule has 0 spiro atoms. The van der Waals surface area contributed by atoms with Gasteiger partial charge in [-0.3, -0.25) is 4.79 Å². The lowest BCUT2D eigenvalue weighted by Crippen LogP contribution is -2.38. The molecule has 0 radical (unpaired) electrons. The van der Waals surface area contributed by atoms with Crippen molar-refractivity contribution in [3.63, 3.8) is 0 Å². The number of benzene rings is 1. The van der Waals surface area contributed by atoms with Crippen molar-refractivity contribution in [1.29, 1.82) is 0 Å². The average molecular weight is 338 g/mol. The first-order valence-corrected chi connectivity index (χ1v) is 9.54. The van der Waals surface area contributed by atoms with E-state index in [0.717, 1.165) is 25.7 Å². The van der Waals surface area contributed by atoms with Crippen molar-refractivity contribution in [3.8, 4) is 0 Å². The molecule has 0 aliphatic heterocycles. The number of carbonyl (C=O) groups is 1. The predicted molar refractivity (Wildman–Crippen MR) is 85.5 cm³/mol. The van der Waals surface area contributed by atoms with Crippen molar-refractivity contribution in [1.82, 2.24) is 10.0 Å². The maximum absolute atomic E-state index is 12.3. The van der Waals surface area contributed by atoms with E-state index in [0.29, 0.717) is 18.4 Å². The van der Waals surface area contributed by atoms with Gasteiger partial charge in [-0.2, -0.15) is 0 Å². The molecule has 7 heteroatoms. The van der Waals surface area contributed by atoms with Crippen molar-refractivity contribution < 1.29 is 18.3 Å². The van der Waals surface area contributed by atoms with Gasteiger partial charge in [-0.15, -0.1) is 0 Å². The summed E-state index contributed by atoms with van der Waals surface area (Å²) in [5.41, 5.74) is 0.342. The van der Waals surface area contributed by atoms with Crippen LogP contribution in [0.4, 0.5) is 0 Å². The molecule has 0 bridgehead atoms. The maximum Gasteiger partial charge on any atom is 0.251 e. The van der Waals surface area contributed by atoms with E-state index < -0.39 is 10.0 Å². The monoisotopic (exact) mass is 338 g/mol. The molecular formula is C16H22N2O4S. The zero-order valence-corrected chi connectivity index (χ0v) is 13.7. The maximum atomic E-state index is 12.3. The summed E-state index contributed by atoms with van der Waals surface area (Å²) < 4.78 is 27.0. The van der Waals surface area contributed by atoms with Crippen LogP contribution >= 0.6 is 0 Å². The summed E-state index contributed by atoms with van der Waals surface area (Å²) in [6.07, 6.45) is 4.32. The van der Waals surface area contributed by atoms with E-state index in [2.05, 4.69) is 10.0 Å². The molecule has 2 aliphatic rings. The summed E-state index contributed by atoms with van der Waals surface area (Å²) in [6.45, 7) is 0. The lowest BCUT2D eigenvalue weighted by atomic mass is 9.93. The third kappa shape index (κ3) is 4.31. The van der Waals surface area contributed by atoms with Crippen LogP contribution in [0, 0.1) is 0 Å².